The summed E-state index contributed by atoms with van der Waals surface area (Å²) in [5.41, 5.74) is 6.05. The number of amides is 2. The largest absolute Gasteiger partial charge is 0.366 e. The summed E-state index contributed by atoms with van der Waals surface area (Å²) in [5, 5.41) is 6.31. The van der Waals surface area contributed by atoms with Gasteiger partial charge in [0.2, 0.25) is 5.91 Å². The van der Waals surface area contributed by atoms with Crippen molar-refractivity contribution in [1.29, 1.82) is 0 Å². The van der Waals surface area contributed by atoms with Gasteiger partial charge >= 0.3 is 0 Å². The Labute approximate surface area is 112 Å². The molecule has 1 heterocycles. The number of nitrogens with one attached hydrogen (secondary N) is 2. The van der Waals surface area contributed by atoms with Gasteiger partial charge in [0, 0.05) is 17.2 Å². The molecular weight excluding hydrogens is 242 g/mol. The molecule has 0 aliphatic carbocycles. The van der Waals surface area contributed by atoms with Crippen LogP contribution in [0.1, 0.15) is 40.0 Å². The highest BCUT2D eigenvalue weighted by molar-refractivity contribution is 5.99. The standard InChI is InChI=1S/C14H19N3O2/c15-13(18)10-3-1-4-11(9-10)14(19)17-12-5-2-7-16-8-6-12/h1,3-4,9,12,16H,2,5-8H2,(H2,15,18)(H,17,19). The van der Waals surface area contributed by atoms with Gasteiger partial charge in [-0.25, -0.2) is 0 Å². The molecule has 1 saturated heterocycles. The van der Waals surface area contributed by atoms with Crippen LogP contribution < -0.4 is 16.4 Å². The first-order valence-electron chi connectivity index (χ1n) is 6.58. The maximum absolute atomic E-state index is 12.1. The van der Waals surface area contributed by atoms with Crippen molar-refractivity contribution in [3.05, 3.63) is 35.4 Å². The van der Waals surface area contributed by atoms with Gasteiger partial charge in [-0.15, -0.1) is 0 Å². The summed E-state index contributed by atoms with van der Waals surface area (Å²) >= 11 is 0. The van der Waals surface area contributed by atoms with E-state index in [0.717, 1.165) is 32.4 Å². The van der Waals surface area contributed by atoms with Crippen molar-refractivity contribution < 1.29 is 9.59 Å². The lowest BCUT2D eigenvalue weighted by molar-refractivity contribution is 0.0934. The van der Waals surface area contributed by atoms with Crippen molar-refractivity contribution in [2.24, 2.45) is 5.73 Å². The molecule has 19 heavy (non-hydrogen) atoms. The SMILES string of the molecule is NC(=O)c1cccc(C(=O)NC2CCCNCC2)c1. The van der Waals surface area contributed by atoms with E-state index in [-0.39, 0.29) is 11.9 Å². The third kappa shape index (κ3) is 3.79. The molecule has 0 aromatic heterocycles. The lowest BCUT2D eigenvalue weighted by Crippen LogP contribution is -2.35. The van der Waals surface area contributed by atoms with Crippen LogP contribution in [0.3, 0.4) is 0 Å². The molecule has 1 aromatic rings. The smallest absolute Gasteiger partial charge is 0.251 e. The van der Waals surface area contributed by atoms with Gasteiger partial charge in [0.25, 0.3) is 5.91 Å². The van der Waals surface area contributed by atoms with E-state index in [1.54, 1.807) is 18.2 Å². The second-order valence-corrected chi connectivity index (χ2v) is 4.80. The summed E-state index contributed by atoms with van der Waals surface area (Å²) in [7, 11) is 0. The molecule has 1 aliphatic rings. The monoisotopic (exact) mass is 261 g/mol. The molecule has 1 unspecified atom stereocenters. The lowest BCUT2D eigenvalue weighted by atomic mass is 10.1. The molecule has 1 aliphatic heterocycles. The number of hydrogen-bond donors (Lipinski definition) is 3. The second kappa shape index (κ2) is 6.33. The van der Waals surface area contributed by atoms with E-state index in [0.29, 0.717) is 11.1 Å². The van der Waals surface area contributed by atoms with Crippen molar-refractivity contribution >= 4 is 11.8 Å². The Morgan fingerprint density at radius 2 is 2.00 bits per heavy atom. The van der Waals surface area contributed by atoms with Crippen LogP contribution in [-0.4, -0.2) is 30.9 Å². The first-order chi connectivity index (χ1) is 9.16. The number of hydrogen-bond acceptors (Lipinski definition) is 3. The van der Waals surface area contributed by atoms with E-state index >= 15 is 0 Å². The van der Waals surface area contributed by atoms with Gasteiger partial charge in [0.05, 0.1) is 0 Å². The number of rotatable bonds is 3. The first-order valence-corrected chi connectivity index (χ1v) is 6.58. The van der Waals surface area contributed by atoms with E-state index in [1.165, 1.54) is 6.07 Å². The van der Waals surface area contributed by atoms with Crippen LogP contribution in [0.15, 0.2) is 24.3 Å². The molecule has 1 fully saturated rings. The number of carbonyl (C=O) groups is 2. The van der Waals surface area contributed by atoms with Crippen molar-refractivity contribution in [3.8, 4) is 0 Å². The Hall–Kier alpha value is -1.88. The number of benzene rings is 1. The molecule has 102 valence electrons. The fraction of sp³-hybridized carbons (Fsp3) is 0.429. The maximum atomic E-state index is 12.1. The van der Waals surface area contributed by atoms with Crippen LogP contribution in [0.5, 0.6) is 0 Å². The summed E-state index contributed by atoms with van der Waals surface area (Å²) in [5.74, 6) is -0.664. The van der Waals surface area contributed by atoms with Crippen LogP contribution in [0.4, 0.5) is 0 Å². The average Bonchev–Trinajstić information content (AvgIpc) is 2.67. The highest BCUT2D eigenvalue weighted by atomic mass is 16.2. The van der Waals surface area contributed by atoms with Crippen LogP contribution in [-0.2, 0) is 0 Å². The fourth-order valence-corrected chi connectivity index (χ4v) is 2.25. The maximum Gasteiger partial charge on any atom is 0.251 e. The average molecular weight is 261 g/mol. The first kappa shape index (κ1) is 13.5. The van der Waals surface area contributed by atoms with E-state index in [1.807, 2.05) is 0 Å². The molecular formula is C14H19N3O2. The summed E-state index contributed by atoms with van der Waals surface area (Å²) < 4.78 is 0. The Kier molecular flexibility index (Phi) is 4.52. The normalized spacial score (nSPS) is 19.5. The third-order valence-electron chi connectivity index (χ3n) is 3.32. The van der Waals surface area contributed by atoms with E-state index in [9.17, 15) is 9.59 Å². The van der Waals surface area contributed by atoms with Crippen LogP contribution in [0, 0.1) is 0 Å². The topological polar surface area (TPSA) is 84.2 Å². The minimum absolute atomic E-state index is 0.144. The molecule has 5 nitrogen and oxygen atoms in total. The Morgan fingerprint density at radius 3 is 2.79 bits per heavy atom. The molecule has 4 N–H and O–H groups in total. The Balaban J connectivity index is 2.02. The van der Waals surface area contributed by atoms with Gasteiger partial charge in [-0.1, -0.05) is 6.07 Å². The molecule has 0 saturated carbocycles. The van der Waals surface area contributed by atoms with Crippen molar-refractivity contribution in [2.75, 3.05) is 13.1 Å². The minimum atomic E-state index is -0.520. The quantitative estimate of drug-likeness (QED) is 0.747. The van der Waals surface area contributed by atoms with Crippen molar-refractivity contribution in [2.45, 2.75) is 25.3 Å². The zero-order valence-electron chi connectivity index (χ0n) is 10.8. The van der Waals surface area contributed by atoms with Gasteiger partial charge in [-0.2, -0.15) is 0 Å². The third-order valence-corrected chi connectivity index (χ3v) is 3.32. The number of primary amides is 1. The number of carbonyl (C=O) groups excluding carboxylic acids is 2. The highest BCUT2D eigenvalue weighted by Crippen LogP contribution is 2.09. The Morgan fingerprint density at radius 1 is 1.21 bits per heavy atom. The van der Waals surface area contributed by atoms with E-state index in [2.05, 4.69) is 10.6 Å². The predicted octanol–water partition coefficient (Wildman–Crippen LogP) is 0.657. The van der Waals surface area contributed by atoms with Crippen molar-refractivity contribution in [3.63, 3.8) is 0 Å². The van der Waals surface area contributed by atoms with Crippen molar-refractivity contribution in [1.82, 2.24) is 10.6 Å². The van der Waals surface area contributed by atoms with Gasteiger partial charge in [-0.3, -0.25) is 9.59 Å². The van der Waals surface area contributed by atoms with Gasteiger partial charge < -0.3 is 16.4 Å². The fourth-order valence-electron chi connectivity index (χ4n) is 2.25. The van der Waals surface area contributed by atoms with Crippen LogP contribution in [0.25, 0.3) is 0 Å². The zero-order chi connectivity index (χ0) is 13.7. The van der Waals surface area contributed by atoms with Crippen LogP contribution >= 0.6 is 0 Å². The summed E-state index contributed by atoms with van der Waals surface area (Å²) in [6, 6.07) is 6.70. The Bertz CT molecular complexity index is 466. The number of nitrogens with two attached hydrogens (primary N) is 1. The molecule has 5 heteroatoms. The van der Waals surface area contributed by atoms with E-state index in [4.69, 9.17) is 5.73 Å². The predicted molar refractivity (Wildman–Crippen MR) is 72.9 cm³/mol. The lowest BCUT2D eigenvalue weighted by Gasteiger charge is -2.16. The second-order valence-electron chi connectivity index (χ2n) is 4.80. The molecule has 2 amide bonds. The summed E-state index contributed by atoms with van der Waals surface area (Å²) in [6.45, 7) is 1.93. The van der Waals surface area contributed by atoms with Gasteiger partial charge in [0.1, 0.15) is 0 Å². The summed E-state index contributed by atoms with van der Waals surface area (Å²) in [6.07, 6.45) is 2.97. The highest BCUT2D eigenvalue weighted by Gasteiger charge is 2.16. The van der Waals surface area contributed by atoms with Gasteiger partial charge in [-0.05, 0) is 50.6 Å². The zero-order valence-corrected chi connectivity index (χ0v) is 10.8. The van der Waals surface area contributed by atoms with Crippen LogP contribution in [0.2, 0.25) is 0 Å². The molecule has 1 aromatic carbocycles. The summed E-state index contributed by atoms with van der Waals surface area (Å²) in [4.78, 5) is 23.2. The molecule has 1 atom stereocenters. The van der Waals surface area contributed by atoms with E-state index < -0.39 is 5.91 Å². The molecule has 2 rings (SSSR count). The molecule has 0 radical (unpaired) electrons. The molecule has 0 spiro atoms. The molecule has 0 bridgehead atoms. The minimum Gasteiger partial charge on any atom is -0.366 e. The van der Waals surface area contributed by atoms with Gasteiger partial charge in [0.15, 0.2) is 0 Å².